The Balaban J connectivity index is 1.35. The molecule has 0 aliphatic heterocycles. The molecular formula is C22H18N4O2S4. The van der Waals surface area contributed by atoms with Gasteiger partial charge < -0.3 is 5.32 Å². The summed E-state index contributed by atoms with van der Waals surface area (Å²) in [6.07, 6.45) is 4.08. The standard InChI is InChI=1S/C22H18N4O2S4/c1-26-21(28)18-14(15-7-4-8-29-15)10-30-20(18)25-22(26)31-11-17(27)24-19-13(9-23)12-5-2-3-6-16(12)32-19/h4,7-8,10H,2-3,5-6,11H2,1H3,(H,24,27). The molecule has 0 aromatic carbocycles. The maximum Gasteiger partial charge on any atom is 0.263 e. The van der Waals surface area contributed by atoms with Crippen molar-refractivity contribution in [2.45, 2.75) is 30.8 Å². The quantitative estimate of drug-likeness (QED) is 0.299. The van der Waals surface area contributed by atoms with Crippen LogP contribution < -0.4 is 10.9 Å². The van der Waals surface area contributed by atoms with E-state index in [1.807, 2.05) is 22.9 Å². The van der Waals surface area contributed by atoms with Crippen molar-refractivity contribution >= 4 is 66.9 Å². The number of rotatable bonds is 5. The first-order valence-corrected chi connectivity index (χ1v) is 13.6. The van der Waals surface area contributed by atoms with Crippen molar-refractivity contribution in [1.82, 2.24) is 9.55 Å². The van der Waals surface area contributed by atoms with Gasteiger partial charge in [0.05, 0.1) is 16.7 Å². The molecule has 10 heteroatoms. The van der Waals surface area contributed by atoms with E-state index in [4.69, 9.17) is 0 Å². The zero-order valence-corrected chi connectivity index (χ0v) is 20.4. The summed E-state index contributed by atoms with van der Waals surface area (Å²) in [5.74, 6) is -0.0903. The normalized spacial score (nSPS) is 13.1. The topological polar surface area (TPSA) is 87.8 Å². The van der Waals surface area contributed by atoms with Crippen LogP contribution in [-0.4, -0.2) is 21.2 Å². The summed E-state index contributed by atoms with van der Waals surface area (Å²) in [7, 11) is 1.69. The van der Waals surface area contributed by atoms with Crippen molar-refractivity contribution in [3.8, 4) is 16.5 Å². The van der Waals surface area contributed by atoms with Crippen LogP contribution in [0.2, 0.25) is 0 Å². The number of thiophene rings is 3. The molecule has 0 atom stereocenters. The first kappa shape index (κ1) is 21.4. The van der Waals surface area contributed by atoms with Gasteiger partial charge in [0, 0.05) is 27.7 Å². The molecule has 0 unspecified atom stereocenters. The highest BCUT2D eigenvalue weighted by Crippen LogP contribution is 2.38. The highest BCUT2D eigenvalue weighted by Gasteiger charge is 2.22. The highest BCUT2D eigenvalue weighted by atomic mass is 32.2. The van der Waals surface area contributed by atoms with Gasteiger partial charge in [-0.1, -0.05) is 17.8 Å². The van der Waals surface area contributed by atoms with Crippen molar-refractivity contribution in [3.05, 3.63) is 49.3 Å². The molecule has 1 aliphatic rings. The Bertz CT molecular complexity index is 1420. The van der Waals surface area contributed by atoms with E-state index in [0.717, 1.165) is 41.7 Å². The van der Waals surface area contributed by atoms with Crippen molar-refractivity contribution < 1.29 is 4.79 Å². The molecule has 5 rings (SSSR count). The summed E-state index contributed by atoms with van der Waals surface area (Å²) in [6, 6.07) is 6.23. The largest absolute Gasteiger partial charge is 0.316 e. The van der Waals surface area contributed by atoms with Gasteiger partial charge in [0.2, 0.25) is 5.91 Å². The maximum atomic E-state index is 13.0. The fraction of sp³-hybridized carbons (Fsp3) is 0.273. The smallest absolute Gasteiger partial charge is 0.263 e. The molecule has 1 N–H and O–H groups in total. The lowest BCUT2D eigenvalue weighted by atomic mass is 9.96. The van der Waals surface area contributed by atoms with Gasteiger partial charge in [-0.05, 0) is 42.7 Å². The van der Waals surface area contributed by atoms with Crippen LogP contribution >= 0.6 is 45.8 Å². The van der Waals surface area contributed by atoms with Crippen LogP contribution in [0.4, 0.5) is 5.00 Å². The second kappa shape index (κ2) is 8.83. The summed E-state index contributed by atoms with van der Waals surface area (Å²) < 4.78 is 1.51. The summed E-state index contributed by atoms with van der Waals surface area (Å²) in [5.41, 5.74) is 2.50. The number of fused-ring (bicyclic) bond motifs is 2. The van der Waals surface area contributed by atoms with Crippen LogP contribution in [0.5, 0.6) is 0 Å². The minimum Gasteiger partial charge on any atom is -0.316 e. The molecule has 1 aliphatic carbocycles. The lowest BCUT2D eigenvalue weighted by Gasteiger charge is -2.09. The second-order valence-corrected chi connectivity index (χ2v) is 11.3. The molecule has 0 spiro atoms. The molecule has 32 heavy (non-hydrogen) atoms. The Morgan fingerprint density at radius 2 is 2.19 bits per heavy atom. The van der Waals surface area contributed by atoms with Crippen molar-refractivity contribution in [1.29, 1.82) is 5.26 Å². The molecule has 0 fully saturated rings. The van der Waals surface area contributed by atoms with Gasteiger partial charge in [0.15, 0.2) is 5.16 Å². The van der Waals surface area contributed by atoms with Gasteiger partial charge in [-0.15, -0.1) is 34.0 Å². The first-order valence-electron chi connectivity index (χ1n) is 10.1. The molecule has 4 aromatic heterocycles. The van der Waals surface area contributed by atoms with Gasteiger partial charge in [-0.2, -0.15) is 5.26 Å². The van der Waals surface area contributed by atoms with Crippen LogP contribution in [-0.2, 0) is 24.7 Å². The van der Waals surface area contributed by atoms with Gasteiger partial charge in [-0.3, -0.25) is 14.2 Å². The lowest BCUT2D eigenvalue weighted by Crippen LogP contribution is -2.21. The summed E-state index contributed by atoms with van der Waals surface area (Å²) in [4.78, 5) is 33.3. The fourth-order valence-corrected chi connectivity index (χ4v) is 7.69. The number of nitrogens with one attached hydrogen (secondary N) is 1. The predicted molar refractivity (Wildman–Crippen MR) is 133 cm³/mol. The number of aryl methyl sites for hydroxylation is 1. The molecular weight excluding hydrogens is 481 g/mol. The monoisotopic (exact) mass is 498 g/mol. The number of nitrogens with zero attached hydrogens (tertiary/aromatic N) is 3. The minimum absolute atomic E-state index is 0.111. The van der Waals surface area contributed by atoms with E-state index in [1.54, 1.807) is 18.4 Å². The average Bonchev–Trinajstić information content (AvgIpc) is 3.53. The second-order valence-electron chi connectivity index (χ2n) is 7.43. The van der Waals surface area contributed by atoms with E-state index in [-0.39, 0.29) is 17.2 Å². The zero-order valence-electron chi connectivity index (χ0n) is 17.1. The van der Waals surface area contributed by atoms with Crippen molar-refractivity contribution in [2.75, 3.05) is 11.1 Å². The Hall–Kier alpha value is -2.45. The minimum atomic E-state index is -0.204. The number of anilines is 1. The molecule has 6 nitrogen and oxygen atoms in total. The fourth-order valence-electron chi connectivity index (χ4n) is 3.86. The number of hydrogen-bond donors (Lipinski definition) is 1. The van der Waals surface area contributed by atoms with E-state index in [0.29, 0.717) is 25.9 Å². The van der Waals surface area contributed by atoms with Gasteiger partial charge in [-0.25, -0.2) is 4.98 Å². The third-order valence-electron chi connectivity index (χ3n) is 5.43. The number of thioether (sulfide) groups is 1. The predicted octanol–water partition coefficient (Wildman–Crippen LogP) is 5.27. The van der Waals surface area contributed by atoms with Gasteiger partial charge >= 0.3 is 0 Å². The van der Waals surface area contributed by atoms with Crippen LogP contribution in [0.1, 0.15) is 28.8 Å². The number of carbonyl (C=O) groups is 1. The van der Waals surface area contributed by atoms with E-state index in [9.17, 15) is 14.9 Å². The van der Waals surface area contributed by atoms with Gasteiger partial charge in [0.25, 0.3) is 5.56 Å². The zero-order chi connectivity index (χ0) is 22.2. The van der Waals surface area contributed by atoms with E-state index in [1.165, 1.54) is 43.9 Å². The Kier molecular flexibility index (Phi) is 5.90. The number of amides is 1. The summed E-state index contributed by atoms with van der Waals surface area (Å²) in [6.45, 7) is 0. The third kappa shape index (κ3) is 3.79. The SMILES string of the molecule is Cn1c(SCC(=O)Nc2sc3c(c2C#N)CCCC3)nc2scc(-c3cccs3)c2c1=O. The molecule has 4 heterocycles. The molecule has 4 aromatic rings. The molecule has 0 radical (unpaired) electrons. The Labute approximate surface area is 200 Å². The van der Waals surface area contributed by atoms with Crippen molar-refractivity contribution in [2.24, 2.45) is 7.05 Å². The molecule has 0 saturated heterocycles. The lowest BCUT2D eigenvalue weighted by molar-refractivity contribution is -0.113. The molecule has 0 bridgehead atoms. The average molecular weight is 499 g/mol. The summed E-state index contributed by atoms with van der Waals surface area (Å²) in [5, 5.41) is 18.2. The Morgan fingerprint density at radius 3 is 2.97 bits per heavy atom. The number of aromatic nitrogens is 2. The molecule has 0 saturated carbocycles. The van der Waals surface area contributed by atoms with Crippen LogP contribution in [0.25, 0.3) is 20.7 Å². The van der Waals surface area contributed by atoms with Crippen molar-refractivity contribution in [3.63, 3.8) is 0 Å². The Morgan fingerprint density at radius 1 is 1.34 bits per heavy atom. The maximum absolute atomic E-state index is 13.0. The number of carbonyl (C=O) groups excluding carboxylic acids is 1. The first-order chi connectivity index (χ1) is 15.6. The van der Waals surface area contributed by atoms with Crippen LogP contribution in [0.3, 0.4) is 0 Å². The van der Waals surface area contributed by atoms with Crippen LogP contribution in [0, 0.1) is 11.3 Å². The van der Waals surface area contributed by atoms with E-state index < -0.39 is 0 Å². The van der Waals surface area contributed by atoms with Gasteiger partial charge in [0.1, 0.15) is 15.9 Å². The molecule has 1 amide bonds. The molecule has 162 valence electrons. The summed E-state index contributed by atoms with van der Waals surface area (Å²) >= 11 is 5.78. The van der Waals surface area contributed by atoms with Crippen LogP contribution in [0.15, 0.2) is 32.8 Å². The third-order valence-corrected chi connectivity index (χ3v) is 9.44. The highest BCUT2D eigenvalue weighted by molar-refractivity contribution is 7.99. The van der Waals surface area contributed by atoms with E-state index >= 15 is 0 Å². The van der Waals surface area contributed by atoms with E-state index in [2.05, 4.69) is 16.4 Å². The number of hydrogen-bond acceptors (Lipinski definition) is 8. The number of nitriles is 1.